The zero-order valence-corrected chi connectivity index (χ0v) is 13.2. The minimum absolute atomic E-state index is 0.0927. The first kappa shape index (κ1) is 16.3. The zero-order chi connectivity index (χ0) is 18.0. The molecule has 8 nitrogen and oxygen atoms in total. The van der Waals surface area contributed by atoms with Crippen LogP contribution in [0.3, 0.4) is 0 Å². The van der Waals surface area contributed by atoms with E-state index in [1.54, 1.807) is 24.3 Å². The van der Waals surface area contributed by atoms with E-state index in [0.29, 0.717) is 16.8 Å². The summed E-state index contributed by atoms with van der Waals surface area (Å²) in [6, 6.07) is 10.4. The van der Waals surface area contributed by atoms with Crippen LogP contribution in [0.4, 0.5) is 5.69 Å². The van der Waals surface area contributed by atoms with Gasteiger partial charge < -0.3 is 4.74 Å². The quantitative estimate of drug-likeness (QED) is 0.401. The number of Topliss-reactive ketones (excluding diaryl/α,β-unsaturated/α-hetero) is 1. The van der Waals surface area contributed by atoms with Crippen LogP contribution in [0.2, 0.25) is 0 Å². The Labute approximate surface area is 141 Å². The van der Waals surface area contributed by atoms with Gasteiger partial charge in [0.25, 0.3) is 11.2 Å². The molecule has 0 saturated carbocycles. The SMILES string of the molecule is COc1cccc(C(=O)Cn2cnc3ccc([N+](=O)[O-])cc3c2=O)c1. The molecule has 0 fully saturated rings. The third-order valence-electron chi connectivity index (χ3n) is 3.72. The Morgan fingerprint density at radius 3 is 2.80 bits per heavy atom. The van der Waals surface area contributed by atoms with Crippen molar-refractivity contribution in [2.45, 2.75) is 6.54 Å². The summed E-state index contributed by atoms with van der Waals surface area (Å²) in [5.41, 5.74) is 0.0132. The lowest BCUT2D eigenvalue weighted by atomic mass is 10.1. The number of aromatic nitrogens is 2. The van der Waals surface area contributed by atoms with Crippen LogP contribution < -0.4 is 10.3 Å². The fourth-order valence-corrected chi connectivity index (χ4v) is 2.42. The van der Waals surface area contributed by atoms with Crippen LogP contribution in [-0.4, -0.2) is 27.4 Å². The third kappa shape index (κ3) is 3.23. The topological polar surface area (TPSA) is 104 Å². The van der Waals surface area contributed by atoms with Gasteiger partial charge in [0.15, 0.2) is 5.78 Å². The molecule has 0 bridgehead atoms. The largest absolute Gasteiger partial charge is 0.497 e. The van der Waals surface area contributed by atoms with E-state index in [4.69, 9.17) is 4.74 Å². The summed E-state index contributed by atoms with van der Waals surface area (Å²) >= 11 is 0. The minimum Gasteiger partial charge on any atom is -0.497 e. The lowest BCUT2D eigenvalue weighted by Gasteiger charge is -2.07. The highest BCUT2D eigenvalue weighted by atomic mass is 16.6. The lowest BCUT2D eigenvalue weighted by molar-refractivity contribution is -0.384. The maximum atomic E-state index is 12.5. The van der Waals surface area contributed by atoms with E-state index in [2.05, 4.69) is 4.98 Å². The second-order valence-corrected chi connectivity index (χ2v) is 5.29. The van der Waals surface area contributed by atoms with Gasteiger partial charge in [-0.3, -0.25) is 24.3 Å². The van der Waals surface area contributed by atoms with Gasteiger partial charge in [-0.2, -0.15) is 0 Å². The Morgan fingerprint density at radius 2 is 2.08 bits per heavy atom. The molecular weight excluding hydrogens is 326 g/mol. The molecule has 0 N–H and O–H groups in total. The molecule has 0 spiro atoms. The molecule has 3 rings (SSSR count). The fourth-order valence-electron chi connectivity index (χ4n) is 2.42. The summed E-state index contributed by atoms with van der Waals surface area (Å²) in [5, 5.41) is 11.0. The van der Waals surface area contributed by atoms with Crippen LogP contribution in [0.5, 0.6) is 5.75 Å². The number of hydrogen-bond donors (Lipinski definition) is 0. The molecule has 0 aliphatic heterocycles. The summed E-state index contributed by atoms with van der Waals surface area (Å²) in [6.07, 6.45) is 1.26. The van der Waals surface area contributed by atoms with Gasteiger partial charge in [-0.05, 0) is 18.2 Å². The Hall–Kier alpha value is -3.55. The van der Waals surface area contributed by atoms with Crippen molar-refractivity contribution in [2.75, 3.05) is 7.11 Å². The Morgan fingerprint density at radius 1 is 1.28 bits per heavy atom. The number of nitro benzene ring substituents is 1. The van der Waals surface area contributed by atoms with Crippen molar-refractivity contribution in [1.82, 2.24) is 9.55 Å². The fraction of sp³-hybridized carbons (Fsp3) is 0.118. The summed E-state index contributed by atoms with van der Waals surface area (Å²) < 4.78 is 6.21. The number of ether oxygens (including phenoxy) is 1. The molecule has 8 heteroatoms. The molecule has 25 heavy (non-hydrogen) atoms. The van der Waals surface area contributed by atoms with E-state index in [1.165, 1.54) is 25.6 Å². The number of non-ortho nitro benzene ring substituents is 1. The second kappa shape index (κ2) is 6.52. The monoisotopic (exact) mass is 339 g/mol. The molecule has 0 atom stereocenters. The van der Waals surface area contributed by atoms with Crippen LogP contribution in [0.25, 0.3) is 10.9 Å². The average molecular weight is 339 g/mol. The number of rotatable bonds is 5. The Bertz CT molecular complexity index is 1040. The van der Waals surface area contributed by atoms with Gasteiger partial charge in [-0.15, -0.1) is 0 Å². The van der Waals surface area contributed by atoms with E-state index in [1.807, 2.05) is 0 Å². The van der Waals surface area contributed by atoms with Gasteiger partial charge in [0, 0.05) is 17.7 Å². The van der Waals surface area contributed by atoms with E-state index in [9.17, 15) is 19.7 Å². The number of hydrogen-bond acceptors (Lipinski definition) is 6. The number of ketones is 1. The number of methoxy groups -OCH3 is 1. The first-order valence-electron chi connectivity index (χ1n) is 7.30. The number of nitro groups is 1. The molecule has 126 valence electrons. The van der Waals surface area contributed by atoms with Crippen molar-refractivity contribution in [3.05, 3.63) is 74.8 Å². The van der Waals surface area contributed by atoms with Crippen molar-refractivity contribution in [3.63, 3.8) is 0 Å². The van der Waals surface area contributed by atoms with Gasteiger partial charge in [0.05, 0.1) is 35.8 Å². The van der Waals surface area contributed by atoms with Gasteiger partial charge in [-0.25, -0.2) is 4.98 Å². The van der Waals surface area contributed by atoms with Gasteiger partial charge in [0.1, 0.15) is 5.75 Å². The summed E-state index contributed by atoms with van der Waals surface area (Å²) in [6.45, 7) is -0.225. The molecule has 0 amide bonds. The highest BCUT2D eigenvalue weighted by Gasteiger charge is 2.13. The predicted octanol–water partition coefficient (Wildman–Crippen LogP) is 2.20. The lowest BCUT2D eigenvalue weighted by Crippen LogP contribution is -2.24. The van der Waals surface area contributed by atoms with Gasteiger partial charge in [-0.1, -0.05) is 12.1 Å². The molecule has 0 saturated heterocycles. The first-order valence-corrected chi connectivity index (χ1v) is 7.30. The number of carbonyl (C=O) groups excluding carboxylic acids is 1. The second-order valence-electron chi connectivity index (χ2n) is 5.29. The standard InChI is InChI=1S/C17H13N3O5/c1-25-13-4-2-3-11(7-13)16(21)9-19-10-18-15-6-5-12(20(23)24)8-14(15)17(19)22/h2-8,10H,9H2,1H3. The average Bonchev–Trinajstić information content (AvgIpc) is 2.63. The van der Waals surface area contributed by atoms with Crippen LogP contribution in [0, 0.1) is 10.1 Å². The number of fused-ring (bicyclic) bond motifs is 1. The highest BCUT2D eigenvalue weighted by molar-refractivity contribution is 5.96. The number of benzene rings is 2. The maximum Gasteiger partial charge on any atom is 0.270 e. The predicted molar refractivity (Wildman–Crippen MR) is 90.0 cm³/mol. The van der Waals surface area contributed by atoms with Crippen molar-refractivity contribution >= 4 is 22.4 Å². The van der Waals surface area contributed by atoms with Crippen LogP contribution >= 0.6 is 0 Å². The molecular formula is C17H13N3O5. The molecule has 3 aromatic rings. The van der Waals surface area contributed by atoms with Crippen LogP contribution in [0.1, 0.15) is 10.4 Å². The normalized spacial score (nSPS) is 10.6. The number of nitrogens with zero attached hydrogens (tertiary/aromatic N) is 3. The van der Waals surface area contributed by atoms with Crippen molar-refractivity contribution in [2.24, 2.45) is 0 Å². The first-order chi connectivity index (χ1) is 12.0. The molecule has 1 aromatic heterocycles. The molecule has 0 aliphatic rings. The van der Waals surface area contributed by atoms with Crippen molar-refractivity contribution in [1.29, 1.82) is 0 Å². The van der Waals surface area contributed by atoms with Crippen LogP contribution in [0.15, 0.2) is 53.6 Å². The minimum atomic E-state index is -0.586. The molecule has 0 radical (unpaired) electrons. The van der Waals surface area contributed by atoms with Crippen molar-refractivity contribution < 1.29 is 14.5 Å². The van der Waals surface area contributed by atoms with Crippen LogP contribution in [-0.2, 0) is 6.54 Å². The Kier molecular flexibility index (Phi) is 4.25. The molecule has 1 heterocycles. The summed E-state index contributed by atoms with van der Waals surface area (Å²) in [7, 11) is 1.49. The van der Waals surface area contributed by atoms with Crippen molar-refractivity contribution in [3.8, 4) is 5.75 Å². The maximum absolute atomic E-state index is 12.5. The van der Waals surface area contributed by atoms with E-state index >= 15 is 0 Å². The molecule has 0 aliphatic carbocycles. The number of carbonyl (C=O) groups is 1. The third-order valence-corrected chi connectivity index (χ3v) is 3.72. The molecule has 2 aromatic carbocycles. The summed E-state index contributed by atoms with van der Waals surface area (Å²) in [4.78, 5) is 39.3. The Balaban J connectivity index is 1.98. The zero-order valence-electron chi connectivity index (χ0n) is 13.2. The summed E-state index contributed by atoms with van der Waals surface area (Å²) in [5.74, 6) is 0.234. The van der Waals surface area contributed by atoms with E-state index in [-0.39, 0.29) is 23.4 Å². The smallest absolute Gasteiger partial charge is 0.270 e. The van der Waals surface area contributed by atoms with E-state index < -0.39 is 10.5 Å². The van der Waals surface area contributed by atoms with E-state index in [0.717, 1.165) is 10.6 Å². The van der Waals surface area contributed by atoms with Gasteiger partial charge in [0.2, 0.25) is 0 Å². The molecule has 0 unspecified atom stereocenters. The van der Waals surface area contributed by atoms with Gasteiger partial charge >= 0.3 is 0 Å². The highest BCUT2D eigenvalue weighted by Crippen LogP contribution is 2.17.